The number of nitrogens with zero attached hydrogens (tertiary/aromatic N) is 2. The summed E-state index contributed by atoms with van der Waals surface area (Å²) in [6, 6.07) is 1.84. The molecular formula is C13H22ClN3O. The maximum Gasteiger partial charge on any atom is 0.226 e. The van der Waals surface area contributed by atoms with Gasteiger partial charge in [0, 0.05) is 17.6 Å². The van der Waals surface area contributed by atoms with Gasteiger partial charge in [0.15, 0.2) is 0 Å². The Kier molecular flexibility index (Phi) is 5.66. The van der Waals surface area contributed by atoms with Gasteiger partial charge in [0.25, 0.3) is 0 Å². The van der Waals surface area contributed by atoms with Crippen LogP contribution in [0.3, 0.4) is 0 Å². The summed E-state index contributed by atoms with van der Waals surface area (Å²) in [4.78, 5) is 8.71. The summed E-state index contributed by atoms with van der Waals surface area (Å²) in [6.07, 6.45) is 1.86. The molecule has 0 aliphatic rings. The Hall–Kier alpha value is -1.03. The topological polar surface area (TPSA) is 47.0 Å². The molecule has 1 unspecified atom stereocenters. The smallest absolute Gasteiger partial charge is 0.226 e. The average Bonchev–Trinajstić information content (AvgIpc) is 2.35. The highest BCUT2D eigenvalue weighted by atomic mass is 35.5. The Morgan fingerprint density at radius 2 is 2.11 bits per heavy atom. The van der Waals surface area contributed by atoms with Crippen LogP contribution in [0, 0.1) is 6.92 Å². The Labute approximate surface area is 114 Å². The number of anilines is 1. The number of hydrogen-bond donors (Lipinski definition) is 1. The van der Waals surface area contributed by atoms with Crippen molar-refractivity contribution in [1.29, 1.82) is 0 Å². The van der Waals surface area contributed by atoms with Gasteiger partial charge in [-0.15, -0.1) is 11.6 Å². The summed E-state index contributed by atoms with van der Waals surface area (Å²) in [5.74, 6) is 1.69. The van der Waals surface area contributed by atoms with E-state index in [9.17, 15) is 0 Å². The average molecular weight is 272 g/mol. The van der Waals surface area contributed by atoms with Crippen LogP contribution in [0.5, 0.6) is 5.88 Å². The van der Waals surface area contributed by atoms with Crippen molar-refractivity contribution in [2.24, 2.45) is 0 Å². The Morgan fingerprint density at radius 3 is 2.67 bits per heavy atom. The first-order valence-electron chi connectivity index (χ1n) is 6.35. The molecule has 1 aromatic rings. The summed E-state index contributed by atoms with van der Waals surface area (Å²) < 4.78 is 5.53. The van der Waals surface area contributed by atoms with E-state index in [0.717, 1.165) is 18.5 Å². The molecule has 0 aromatic carbocycles. The molecule has 102 valence electrons. The molecule has 18 heavy (non-hydrogen) atoms. The Morgan fingerprint density at radius 1 is 1.39 bits per heavy atom. The second-order valence-electron chi connectivity index (χ2n) is 4.69. The summed E-state index contributed by atoms with van der Waals surface area (Å²) in [7, 11) is 0. The molecule has 1 atom stereocenters. The van der Waals surface area contributed by atoms with Crippen molar-refractivity contribution in [3.63, 3.8) is 0 Å². The van der Waals surface area contributed by atoms with Crippen molar-refractivity contribution >= 4 is 17.5 Å². The van der Waals surface area contributed by atoms with E-state index in [4.69, 9.17) is 16.3 Å². The van der Waals surface area contributed by atoms with E-state index in [0.29, 0.717) is 24.3 Å². The van der Waals surface area contributed by atoms with E-state index in [1.807, 2.05) is 13.0 Å². The van der Waals surface area contributed by atoms with E-state index in [1.54, 1.807) is 0 Å². The fourth-order valence-electron chi connectivity index (χ4n) is 1.36. The van der Waals surface area contributed by atoms with E-state index in [1.165, 1.54) is 0 Å². The van der Waals surface area contributed by atoms with Gasteiger partial charge in [-0.1, -0.05) is 13.8 Å². The summed E-state index contributed by atoms with van der Waals surface area (Å²) in [6.45, 7) is 8.79. The minimum Gasteiger partial charge on any atom is -0.478 e. The number of ether oxygens (including phenoxy) is 1. The number of nitrogens with one attached hydrogen (secondary N) is 1. The second-order valence-corrected chi connectivity index (χ2v) is 4.96. The van der Waals surface area contributed by atoms with Gasteiger partial charge in [0.1, 0.15) is 0 Å². The Bertz CT molecular complexity index is 380. The van der Waals surface area contributed by atoms with E-state index >= 15 is 0 Å². The predicted octanol–water partition coefficient (Wildman–Crippen LogP) is 3.39. The van der Waals surface area contributed by atoms with Crippen molar-refractivity contribution in [1.82, 2.24) is 9.97 Å². The van der Waals surface area contributed by atoms with Gasteiger partial charge >= 0.3 is 0 Å². The van der Waals surface area contributed by atoms with Gasteiger partial charge in [-0.2, -0.15) is 4.98 Å². The zero-order valence-electron chi connectivity index (χ0n) is 11.6. The summed E-state index contributed by atoms with van der Waals surface area (Å²) in [5.41, 5.74) is 0.684. The molecule has 0 amide bonds. The molecule has 4 nitrogen and oxygen atoms in total. The van der Waals surface area contributed by atoms with Crippen LogP contribution < -0.4 is 10.1 Å². The van der Waals surface area contributed by atoms with Crippen LogP contribution in [-0.4, -0.2) is 28.0 Å². The van der Waals surface area contributed by atoms with Crippen molar-refractivity contribution in [2.45, 2.75) is 46.1 Å². The summed E-state index contributed by atoms with van der Waals surface area (Å²) >= 11 is 5.97. The number of aryl methyl sites for hydroxylation is 1. The van der Waals surface area contributed by atoms with Crippen LogP contribution in [0.1, 0.15) is 39.3 Å². The highest BCUT2D eigenvalue weighted by molar-refractivity contribution is 6.18. The van der Waals surface area contributed by atoms with E-state index < -0.39 is 0 Å². The highest BCUT2D eigenvalue weighted by Crippen LogP contribution is 2.19. The van der Waals surface area contributed by atoms with Crippen molar-refractivity contribution in [3.8, 4) is 5.88 Å². The third kappa shape index (κ3) is 4.33. The van der Waals surface area contributed by atoms with Crippen LogP contribution >= 0.6 is 11.6 Å². The molecule has 1 rings (SSSR count). The van der Waals surface area contributed by atoms with Gasteiger partial charge < -0.3 is 10.1 Å². The van der Waals surface area contributed by atoms with Crippen LogP contribution in [0.2, 0.25) is 0 Å². The van der Waals surface area contributed by atoms with Crippen LogP contribution in [0.25, 0.3) is 0 Å². The lowest BCUT2D eigenvalue weighted by Crippen LogP contribution is -2.36. The van der Waals surface area contributed by atoms with Crippen LogP contribution in [0.4, 0.5) is 5.95 Å². The molecule has 0 aliphatic carbocycles. The summed E-state index contributed by atoms with van der Waals surface area (Å²) in [5, 5.41) is 3.28. The van der Waals surface area contributed by atoms with Crippen molar-refractivity contribution in [3.05, 3.63) is 11.8 Å². The molecule has 5 heteroatoms. The molecule has 0 saturated carbocycles. The highest BCUT2D eigenvalue weighted by Gasteiger charge is 2.21. The maximum atomic E-state index is 5.97. The number of alkyl halides is 1. The maximum absolute atomic E-state index is 5.97. The lowest BCUT2D eigenvalue weighted by atomic mass is 10.0. The van der Waals surface area contributed by atoms with Gasteiger partial charge in [0.2, 0.25) is 11.8 Å². The molecule has 0 fully saturated rings. The van der Waals surface area contributed by atoms with Gasteiger partial charge in [-0.05, 0) is 26.7 Å². The van der Waals surface area contributed by atoms with Gasteiger partial charge in [0.05, 0.1) is 12.1 Å². The van der Waals surface area contributed by atoms with Crippen molar-refractivity contribution < 1.29 is 4.74 Å². The zero-order chi connectivity index (χ0) is 13.6. The third-order valence-corrected chi connectivity index (χ3v) is 3.36. The Balaban J connectivity index is 2.85. The molecule has 0 bridgehead atoms. The number of aromatic nitrogens is 2. The van der Waals surface area contributed by atoms with Crippen LogP contribution in [-0.2, 0) is 0 Å². The predicted molar refractivity (Wildman–Crippen MR) is 75.6 cm³/mol. The monoisotopic (exact) mass is 271 g/mol. The van der Waals surface area contributed by atoms with Crippen molar-refractivity contribution in [2.75, 3.05) is 17.8 Å². The van der Waals surface area contributed by atoms with E-state index in [2.05, 4.69) is 36.1 Å². The zero-order valence-corrected chi connectivity index (χ0v) is 12.3. The first-order chi connectivity index (χ1) is 8.53. The second kappa shape index (κ2) is 6.78. The fourth-order valence-corrected chi connectivity index (χ4v) is 1.62. The molecule has 1 N–H and O–H groups in total. The first-order valence-corrected chi connectivity index (χ1v) is 6.89. The molecule has 0 aliphatic heterocycles. The first kappa shape index (κ1) is 15.0. The van der Waals surface area contributed by atoms with Crippen LogP contribution in [0.15, 0.2) is 6.07 Å². The SMILES string of the molecule is CCCOc1cc(C)nc(NC(C)(CC)CCl)n1. The lowest BCUT2D eigenvalue weighted by molar-refractivity contribution is 0.304. The minimum atomic E-state index is -0.197. The normalized spacial score (nSPS) is 14.1. The number of hydrogen-bond acceptors (Lipinski definition) is 4. The number of rotatable bonds is 7. The standard InChI is InChI=1S/C13H22ClN3O/c1-5-7-18-11-8-10(3)15-12(16-11)17-13(4,6-2)9-14/h8H,5-7,9H2,1-4H3,(H,15,16,17). The lowest BCUT2D eigenvalue weighted by Gasteiger charge is -2.27. The molecular weight excluding hydrogens is 250 g/mol. The molecule has 0 spiro atoms. The largest absolute Gasteiger partial charge is 0.478 e. The fraction of sp³-hybridized carbons (Fsp3) is 0.692. The van der Waals surface area contributed by atoms with E-state index in [-0.39, 0.29) is 5.54 Å². The minimum absolute atomic E-state index is 0.197. The molecule has 0 saturated heterocycles. The molecule has 1 heterocycles. The quantitative estimate of drug-likeness (QED) is 0.772. The molecule has 1 aromatic heterocycles. The number of halogens is 1. The van der Waals surface area contributed by atoms with Gasteiger partial charge in [-0.3, -0.25) is 0 Å². The van der Waals surface area contributed by atoms with Gasteiger partial charge in [-0.25, -0.2) is 4.98 Å². The third-order valence-electron chi connectivity index (χ3n) is 2.77. The molecule has 0 radical (unpaired) electrons.